The van der Waals surface area contributed by atoms with Crippen LogP contribution in [0.1, 0.15) is 25.7 Å². The van der Waals surface area contributed by atoms with E-state index >= 15 is 0 Å². The maximum absolute atomic E-state index is 12.7. The van der Waals surface area contributed by atoms with Crippen LogP contribution in [0.15, 0.2) is 36.4 Å². The molecular formula is C21H27NO4. The van der Waals surface area contributed by atoms with Gasteiger partial charge in [-0.25, -0.2) is 0 Å². The number of nitrogens with zero attached hydrogens (tertiary/aromatic N) is 1. The first kappa shape index (κ1) is 17.4. The average Bonchev–Trinajstić information content (AvgIpc) is 3.31. The molecule has 140 valence electrons. The SMILES string of the molecule is COc1ccccc1O[C@@H]1C[C@@H]2CN(C(=O)C3CC=CC3)C[C@@H]2C[C@H]1O. The lowest BCUT2D eigenvalue weighted by atomic mass is 9.78. The van der Waals surface area contributed by atoms with E-state index in [2.05, 4.69) is 12.2 Å². The maximum atomic E-state index is 12.7. The van der Waals surface area contributed by atoms with Crippen molar-refractivity contribution in [3.8, 4) is 11.5 Å². The molecule has 1 amide bonds. The van der Waals surface area contributed by atoms with Crippen LogP contribution in [0.4, 0.5) is 0 Å². The highest BCUT2D eigenvalue weighted by atomic mass is 16.5. The second kappa shape index (κ2) is 7.31. The third kappa shape index (κ3) is 3.32. The van der Waals surface area contributed by atoms with E-state index in [0.29, 0.717) is 29.8 Å². The minimum absolute atomic E-state index is 0.126. The summed E-state index contributed by atoms with van der Waals surface area (Å²) in [6.45, 7) is 1.57. The second-order valence-corrected chi connectivity index (χ2v) is 7.75. The monoisotopic (exact) mass is 357 g/mol. The number of ether oxygens (including phenoxy) is 2. The van der Waals surface area contributed by atoms with Crippen LogP contribution in [0.2, 0.25) is 0 Å². The van der Waals surface area contributed by atoms with Gasteiger partial charge in [-0.2, -0.15) is 0 Å². The zero-order valence-electron chi connectivity index (χ0n) is 15.2. The lowest BCUT2D eigenvalue weighted by Gasteiger charge is -2.35. The number of para-hydroxylation sites is 2. The number of aliphatic hydroxyl groups excluding tert-OH is 1. The Morgan fingerprint density at radius 2 is 1.73 bits per heavy atom. The molecule has 1 aromatic carbocycles. The van der Waals surface area contributed by atoms with Crippen LogP contribution in [-0.2, 0) is 4.79 Å². The van der Waals surface area contributed by atoms with Gasteiger partial charge >= 0.3 is 0 Å². The van der Waals surface area contributed by atoms with E-state index < -0.39 is 6.10 Å². The van der Waals surface area contributed by atoms with Crippen LogP contribution in [-0.4, -0.2) is 48.3 Å². The number of methoxy groups -OCH3 is 1. The van der Waals surface area contributed by atoms with Crippen molar-refractivity contribution in [3.05, 3.63) is 36.4 Å². The molecule has 0 spiro atoms. The summed E-state index contributed by atoms with van der Waals surface area (Å²) in [5.74, 6) is 2.53. The summed E-state index contributed by atoms with van der Waals surface area (Å²) >= 11 is 0. The van der Waals surface area contributed by atoms with Crippen molar-refractivity contribution in [2.45, 2.75) is 37.9 Å². The van der Waals surface area contributed by atoms with Gasteiger partial charge in [0.1, 0.15) is 6.10 Å². The second-order valence-electron chi connectivity index (χ2n) is 7.75. The van der Waals surface area contributed by atoms with Gasteiger partial charge in [0.15, 0.2) is 11.5 Å². The molecular weight excluding hydrogens is 330 g/mol. The van der Waals surface area contributed by atoms with Crippen molar-refractivity contribution in [2.24, 2.45) is 17.8 Å². The molecule has 1 aromatic rings. The van der Waals surface area contributed by atoms with Gasteiger partial charge in [-0.15, -0.1) is 0 Å². The molecule has 3 aliphatic rings. The molecule has 1 saturated carbocycles. The molecule has 0 radical (unpaired) electrons. The standard InChI is InChI=1S/C21H27NO4/c1-25-18-8-4-5-9-19(18)26-20-11-16-13-22(12-15(16)10-17(20)23)21(24)14-6-2-3-7-14/h2-5,8-9,14-17,20,23H,6-7,10-13H2,1H3/t15-,16+,17+,20+/m0/s1. The minimum atomic E-state index is -0.510. The Morgan fingerprint density at radius 1 is 1.08 bits per heavy atom. The fourth-order valence-corrected chi connectivity index (χ4v) is 4.65. The van der Waals surface area contributed by atoms with Crippen molar-refractivity contribution in [1.82, 2.24) is 4.90 Å². The smallest absolute Gasteiger partial charge is 0.226 e. The van der Waals surface area contributed by atoms with Gasteiger partial charge < -0.3 is 19.5 Å². The summed E-state index contributed by atoms with van der Waals surface area (Å²) in [7, 11) is 1.62. The van der Waals surface area contributed by atoms with Gasteiger partial charge in [-0.1, -0.05) is 24.3 Å². The molecule has 1 saturated heterocycles. The molecule has 4 rings (SSSR count). The summed E-state index contributed by atoms with van der Waals surface area (Å²) in [5, 5.41) is 10.6. The Kier molecular flexibility index (Phi) is 4.90. The number of aliphatic hydroxyl groups is 1. The topological polar surface area (TPSA) is 59.0 Å². The Hall–Kier alpha value is -2.01. The molecule has 4 atom stereocenters. The molecule has 2 fully saturated rings. The predicted octanol–water partition coefficient (Wildman–Crippen LogP) is 2.64. The largest absolute Gasteiger partial charge is 0.493 e. The first-order valence-corrected chi connectivity index (χ1v) is 9.57. The first-order valence-electron chi connectivity index (χ1n) is 9.57. The Balaban J connectivity index is 1.40. The third-order valence-electron chi connectivity index (χ3n) is 6.10. The molecule has 5 nitrogen and oxygen atoms in total. The number of carbonyl (C=O) groups is 1. The number of rotatable bonds is 4. The Labute approximate surface area is 154 Å². The lowest BCUT2D eigenvalue weighted by Crippen LogP contribution is -2.42. The highest BCUT2D eigenvalue weighted by molar-refractivity contribution is 5.80. The summed E-state index contributed by atoms with van der Waals surface area (Å²) in [4.78, 5) is 14.7. The number of carbonyl (C=O) groups excluding carboxylic acids is 1. The number of allylic oxidation sites excluding steroid dienone is 2. The predicted molar refractivity (Wildman–Crippen MR) is 98.1 cm³/mol. The quantitative estimate of drug-likeness (QED) is 0.842. The summed E-state index contributed by atoms with van der Waals surface area (Å²) < 4.78 is 11.5. The zero-order valence-corrected chi connectivity index (χ0v) is 15.2. The van der Waals surface area contributed by atoms with Gasteiger partial charge in [0.25, 0.3) is 0 Å². The van der Waals surface area contributed by atoms with Crippen LogP contribution in [0.5, 0.6) is 11.5 Å². The minimum Gasteiger partial charge on any atom is -0.493 e. The number of amides is 1. The van der Waals surface area contributed by atoms with Gasteiger partial charge in [0, 0.05) is 19.0 Å². The van der Waals surface area contributed by atoms with Crippen LogP contribution >= 0.6 is 0 Å². The van der Waals surface area contributed by atoms with E-state index in [4.69, 9.17) is 9.47 Å². The highest BCUT2D eigenvalue weighted by Gasteiger charge is 2.44. The van der Waals surface area contributed by atoms with Crippen molar-refractivity contribution in [3.63, 3.8) is 0 Å². The summed E-state index contributed by atoms with van der Waals surface area (Å²) in [6, 6.07) is 7.53. The van der Waals surface area contributed by atoms with E-state index in [0.717, 1.165) is 32.4 Å². The number of likely N-dealkylation sites (tertiary alicyclic amines) is 1. The normalized spacial score (nSPS) is 31.1. The van der Waals surface area contributed by atoms with E-state index in [1.807, 2.05) is 29.2 Å². The van der Waals surface area contributed by atoms with Crippen molar-refractivity contribution in [1.29, 1.82) is 0 Å². The van der Waals surface area contributed by atoms with Gasteiger partial charge in [-0.05, 0) is 49.7 Å². The molecule has 0 bridgehead atoms. The molecule has 0 aromatic heterocycles. The molecule has 5 heteroatoms. The molecule has 1 aliphatic heterocycles. The Morgan fingerprint density at radius 3 is 2.42 bits per heavy atom. The van der Waals surface area contributed by atoms with Crippen molar-refractivity contribution >= 4 is 5.91 Å². The summed E-state index contributed by atoms with van der Waals surface area (Å²) in [6.07, 6.45) is 6.65. The lowest BCUT2D eigenvalue weighted by molar-refractivity contribution is -0.134. The fraction of sp³-hybridized carbons (Fsp3) is 0.571. The van der Waals surface area contributed by atoms with Crippen LogP contribution < -0.4 is 9.47 Å². The van der Waals surface area contributed by atoms with E-state index in [-0.39, 0.29) is 17.9 Å². The number of hydrogen-bond acceptors (Lipinski definition) is 4. The Bertz CT molecular complexity index is 680. The maximum Gasteiger partial charge on any atom is 0.226 e. The van der Waals surface area contributed by atoms with E-state index in [1.54, 1.807) is 7.11 Å². The third-order valence-corrected chi connectivity index (χ3v) is 6.10. The van der Waals surface area contributed by atoms with Gasteiger partial charge in [-0.3, -0.25) is 4.79 Å². The summed E-state index contributed by atoms with van der Waals surface area (Å²) in [5.41, 5.74) is 0. The first-order chi connectivity index (χ1) is 12.7. The van der Waals surface area contributed by atoms with Crippen LogP contribution in [0.3, 0.4) is 0 Å². The molecule has 1 N–H and O–H groups in total. The van der Waals surface area contributed by atoms with Crippen LogP contribution in [0, 0.1) is 17.8 Å². The number of benzene rings is 1. The molecule has 0 unspecified atom stereocenters. The average molecular weight is 357 g/mol. The van der Waals surface area contributed by atoms with Gasteiger partial charge in [0.2, 0.25) is 5.91 Å². The van der Waals surface area contributed by atoms with E-state index in [9.17, 15) is 9.90 Å². The van der Waals surface area contributed by atoms with Crippen molar-refractivity contribution in [2.75, 3.05) is 20.2 Å². The number of fused-ring (bicyclic) bond motifs is 1. The van der Waals surface area contributed by atoms with Crippen LogP contribution in [0.25, 0.3) is 0 Å². The molecule has 2 aliphatic carbocycles. The van der Waals surface area contributed by atoms with Gasteiger partial charge in [0.05, 0.1) is 13.2 Å². The van der Waals surface area contributed by atoms with E-state index in [1.165, 1.54) is 0 Å². The highest BCUT2D eigenvalue weighted by Crippen LogP contribution is 2.40. The fourth-order valence-electron chi connectivity index (χ4n) is 4.65. The molecule has 1 heterocycles. The molecule has 26 heavy (non-hydrogen) atoms. The number of hydrogen-bond donors (Lipinski definition) is 1. The van der Waals surface area contributed by atoms with Crippen molar-refractivity contribution < 1.29 is 19.4 Å². The zero-order chi connectivity index (χ0) is 18.1.